The molecule has 2 rings (SSSR count). The van der Waals surface area contributed by atoms with Crippen molar-refractivity contribution in [3.63, 3.8) is 0 Å². The van der Waals surface area contributed by atoms with Crippen LogP contribution in [0.2, 0.25) is 0 Å². The van der Waals surface area contributed by atoms with Crippen LogP contribution in [0.4, 0.5) is 5.69 Å². The van der Waals surface area contributed by atoms with E-state index in [2.05, 4.69) is 10.1 Å². The average Bonchev–Trinajstić information content (AvgIpc) is 2.77. The number of hydrogen-bond donors (Lipinski definition) is 1. The van der Waals surface area contributed by atoms with Gasteiger partial charge in [0.25, 0.3) is 0 Å². The van der Waals surface area contributed by atoms with Gasteiger partial charge >= 0.3 is 0 Å². The fraction of sp³-hybridized carbons (Fsp3) is 0.250. The van der Waals surface area contributed by atoms with Crippen molar-refractivity contribution in [2.45, 2.75) is 6.54 Å². The van der Waals surface area contributed by atoms with Crippen LogP contribution in [-0.2, 0) is 6.54 Å². The first-order valence-electron chi connectivity index (χ1n) is 5.14. The third-order valence-electron chi connectivity index (χ3n) is 2.44. The van der Waals surface area contributed by atoms with Gasteiger partial charge in [0.1, 0.15) is 5.69 Å². The molecule has 1 aromatic heterocycles. The molecule has 16 heavy (non-hydrogen) atoms. The Morgan fingerprint density at radius 2 is 1.94 bits per heavy atom. The second-order valence-corrected chi connectivity index (χ2v) is 3.82. The van der Waals surface area contributed by atoms with E-state index in [0.29, 0.717) is 12.3 Å². The first-order chi connectivity index (χ1) is 7.70. The van der Waals surface area contributed by atoms with Gasteiger partial charge in [0, 0.05) is 31.4 Å². The molecular formula is C12H15N3O. The molecular weight excluding hydrogens is 202 g/mol. The fourth-order valence-electron chi connectivity index (χ4n) is 1.48. The summed E-state index contributed by atoms with van der Waals surface area (Å²) in [5.74, 6) is 0.701. The van der Waals surface area contributed by atoms with Crippen molar-refractivity contribution in [1.29, 1.82) is 0 Å². The molecule has 0 saturated carbocycles. The van der Waals surface area contributed by atoms with E-state index in [4.69, 9.17) is 10.3 Å². The molecule has 0 saturated heterocycles. The molecule has 0 spiro atoms. The van der Waals surface area contributed by atoms with Gasteiger partial charge in [-0.2, -0.15) is 0 Å². The predicted octanol–water partition coefficient (Wildman–Crippen LogP) is 1.87. The number of rotatable bonds is 3. The normalized spacial score (nSPS) is 10.4. The highest BCUT2D eigenvalue weighted by molar-refractivity contribution is 5.62. The Kier molecular flexibility index (Phi) is 2.92. The van der Waals surface area contributed by atoms with E-state index in [1.54, 1.807) is 0 Å². The van der Waals surface area contributed by atoms with Gasteiger partial charge < -0.3 is 15.2 Å². The van der Waals surface area contributed by atoms with Crippen LogP contribution in [-0.4, -0.2) is 19.3 Å². The van der Waals surface area contributed by atoms with E-state index in [1.165, 1.54) is 0 Å². The van der Waals surface area contributed by atoms with Crippen molar-refractivity contribution in [1.82, 2.24) is 5.16 Å². The molecule has 4 heteroatoms. The Labute approximate surface area is 94.6 Å². The quantitative estimate of drug-likeness (QED) is 0.852. The van der Waals surface area contributed by atoms with Gasteiger partial charge in [-0.15, -0.1) is 0 Å². The lowest BCUT2D eigenvalue weighted by molar-refractivity contribution is 0.387. The van der Waals surface area contributed by atoms with Gasteiger partial charge in [-0.1, -0.05) is 17.3 Å². The summed E-state index contributed by atoms with van der Waals surface area (Å²) in [7, 11) is 4.02. The zero-order valence-electron chi connectivity index (χ0n) is 9.47. The number of hydrogen-bond acceptors (Lipinski definition) is 4. The van der Waals surface area contributed by atoms with Crippen molar-refractivity contribution < 1.29 is 4.52 Å². The molecule has 2 N–H and O–H groups in total. The number of anilines is 1. The van der Waals surface area contributed by atoms with Gasteiger partial charge in [0.15, 0.2) is 5.76 Å². The third kappa shape index (κ3) is 2.06. The van der Waals surface area contributed by atoms with Crippen molar-refractivity contribution in [3.8, 4) is 11.3 Å². The van der Waals surface area contributed by atoms with Crippen LogP contribution < -0.4 is 10.6 Å². The average molecular weight is 217 g/mol. The standard InChI is InChI=1S/C12H15N3O/c1-15(2)10-5-3-9(4-6-10)12-7-11(8-13)16-14-12/h3-7H,8,13H2,1-2H3. The summed E-state index contributed by atoms with van der Waals surface area (Å²) in [5.41, 5.74) is 8.48. The first kappa shape index (κ1) is 10.7. The van der Waals surface area contributed by atoms with Crippen LogP contribution in [0.1, 0.15) is 5.76 Å². The van der Waals surface area contributed by atoms with Gasteiger partial charge in [-0.25, -0.2) is 0 Å². The zero-order valence-corrected chi connectivity index (χ0v) is 9.47. The minimum Gasteiger partial charge on any atom is -0.378 e. The SMILES string of the molecule is CN(C)c1ccc(-c2cc(CN)on2)cc1. The van der Waals surface area contributed by atoms with Crippen molar-refractivity contribution >= 4 is 5.69 Å². The van der Waals surface area contributed by atoms with Gasteiger partial charge in [0.2, 0.25) is 0 Å². The molecule has 0 aliphatic rings. The van der Waals surface area contributed by atoms with Gasteiger partial charge in [-0.3, -0.25) is 0 Å². The lowest BCUT2D eigenvalue weighted by Gasteiger charge is -2.11. The molecule has 4 nitrogen and oxygen atoms in total. The molecule has 0 radical (unpaired) electrons. The van der Waals surface area contributed by atoms with Crippen LogP contribution in [0.3, 0.4) is 0 Å². The second-order valence-electron chi connectivity index (χ2n) is 3.82. The van der Waals surface area contributed by atoms with E-state index in [0.717, 1.165) is 16.9 Å². The molecule has 0 aliphatic heterocycles. The maximum absolute atomic E-state index is 5.46. The molecule has 0 fully saturated rings. The molecule has 0 bridgehead atoms. The molecule has 84 valence electrons. The molecule has 2 aromatic rings. The largest absolute Gasteiger partial charge is 0.378 e. The maximum atomic E-state index is 5.46. The van der Waals surface area contributed by atoms with Crippen LogP contribution in [0.5, 0.6) is 0 Å². The van der Waals surface area contributed by atoms with Crippen molar-refractivity contribution in [2.75, 3.05) is 19.0 Å². The van der Waals surface area contributed by atoms with Gasteiger partial charge in [0.05, 0.1) is 6.54 Å². The first-order valence-corrected chi connectivity index (χ1v) is 5.14. The lowest BCUT2D eigenvalue weighted by atomic mass is 10.1. The highest BCUT2D eigenvalue weighted by Gasteiger charge is 2.05. The van der Waals surface area contributed by atoms with E-state index in [9.17, 15) is 0 Å². The summed E-state index contributed by atoms with van der Waals surface area (Å²) < 4.78 is 5.06. The summed E-state index contributed by atoms with van der Waals surface area (Å²) in [6, 6.07) is 10.0. The van der Waals surface area contributed by atoms with Gasteiger partial charge in [-0.05, 0) is 12.1 Å². The second kappa shape index (κ2) is 4.37. The predicted molar refractivity (Wildman–Crippen MR) is 64.2 cm³/mol. The maximum Gasteiger partial charge on any atom is 0.150 e. The van der Waals surface area contributed by atoms with Crippen LogP contribution in [0.25, 0.3) is 11.3 Å². The smallest absolute Gasteiger partial charge is 0.150 e. The van der Waals surface area contributed by atoms with E-state index >= 15 is 0 Å². The highest BCUT2D eigenvalue weighted by Crippen LogP contribution is 2.21. The zero-order chi connectivity index (χ0) is 11.5. The van der Waals surface area contributed by atoms with E-state index in [-0.39, 0.29) is 0 Å². The molecule has 1 aromatic carbocycles. The topological polar surface area (TPSA) is 55.3 Å². The Hall–Kier alpha value is -1.81. The Bertz CT molecular complexity index is 459. The van der Waals surface area contributed by atoms with Crippen molar-refractivity contribution in [3.05, 3.63) is 36.1 Å². The Balaban J connectivity index is 2.27. The third-order valence-corrected chi connectivity index (χ3v) is 2.44. The summed E-state index contributed by atoms with van der Waals surface area (Å²) >= 11 is 0. The van der Waals surface area contributed by atoms with Crippen LogP contribution >= 0.6 is 0 Å². The van der Waals surface area contributed by atoms with Crippen molar-refractivity contribution in [2.24, 2.45) is 5.73 Å². The van der Waals surface area contributed by atoms with Crippen LogP contribution in [0.15, 0.2) is 34.9 Å². The monoisotopic (exact) mass is 217 g/mol. The molecule has 1 heterocycles. The number of nitrogens with zero attached hydrogens (tertiary/aromatic N) is 2. The number of benzene rings is 1. The van der Waals surface area contributed by atoms with Crippen LogP contribution in [0, 0.1) is 0 Å². The van der Waals surface area contributed by atoms with E-state index in [1.807, 2.05) is 44.4 Å². The lowest BCUT2D eigenvalue weighted by Crippen LogP contribution is -2.07. The Morgan fingerprint density at radius 1 is 1.25 bits per heavy atom. The summed E-state index contributed by atoms with van der Waals surface area (Å²) in [5, 5.41) is 3.96. The number of nitrogens with two attached hydrogens (primary N) is 1. The summed E-state index contributed by atoms with van der Waals surface area (Å²) in [4.78, 5) is 2.05. The van der Waals surface area contributed by atoms with E-state index < -0.39 is 0 Å². The highest BCUT2D eigenvalue weighted by atomic mass is 16.5. The molecule has 0 unspecified atom stereocenters. The minimum absolute atomic E-state index is 0.378. The summed E-state index contributed by atoms with van der Waals surface area (Å²) in [6.45, 7) is 0.378. The molecule has 0 amide bonds. The molecule has 0 atom stereocenters. The fourth-order valence-corrected chi connectivity index (χ4v) is 1.48. The Morgan fingerprint density at radius 3 is 2.44 bits per heavy atom. The summed E-state index contributed by atoms with van der Waals surface area (Å²) in [6.07, 6.45) is 0. The number of aromatic nitrogens is 1. The molecule has 0 aliphatic carbocycles. The minimum atomic E-state index is 0.378.